The van der Waals surface area contributed by atoms with Crippen molar-refractivity contribution < 1.29 is 9.53 Å². The van der Waals surface area contributed by atoms with E-state index in [-0.39, 0.29) is 12.0 Å². The minimum absolute atomic E-state index is 0.142. The number of nitrogens with one attached hydrogen (secondary N) is 2. The number of rotatable bonds is 5. The highest BCUT2D eigenvalue weighted by atomic mass is 16.5. The zero-order chi connectivity index (χ0) is 19.3. The van der Waals surface area contributed by atoms with Crippen LogP contribution in [0, 0.1) is 0 Å². The van der Waals surface area contributed by atoms with Gasteiger partial charge in [0.05, 0.1) is 0 Å². The lowest BCUT2D eigenvalue weighted by atomic mass is 10.1. The Morgan fingerprint density at radius 3 is 2.46 bits per heavy atom. The zero-order valence-electron chi connectivity index (χ0n) is 15.9. The highest BCUT2D eigenvalue weighted by Crippen LogP contribution is 2.21. The number of carbonyl (C=O) groups is 1. The van der Waals surface area contributed by atoms with Gasteiger partial charge in [-0.2, -0.15) is 0 Å². The standard InChI is InChI=1S/C22H24N4O2/c1-26-14-10-20(11-15-26)28-19-8-4-17(5-9-19)22(27)25-18-6-2-16(3-7-18)21-23-12-13-24-21/h2-9,12-13,20H,10-11,14-15H2,1H3,(H,23,24)(H,25,27). The van der Waals surface area contributed by atoms with Crippen molar-refractivity contribution in [1.29, 1.82) is 0 Å². The first-order valence-electron chi connectivity index (χ1n) is 9.54. The number of ether oxygens (including phenoxy) is 1. The molecule has 1 aliphatic heterocycles. The molecule has 6 nitrogen and oxygen atoms in total. The van der Waals surface area contributed by atoms with Crippen LogP contribution in [0.25, 0.3) is 11.4 Å². The third-order valence-corrected chi connectivity index (χ3v) is 5.00. The third kappa shape index (κ3) is 4.40. The van der Waals surface area contributed by atoms with Crippen molar-refractivity contribution in [3.8, 4) is 17.1 Å². The van der Waals surface area contributed by atoms with Crippen LogP contribution in [0.2, 0.25) is 0 Å². The van der Waals surface area contributed by atoms with Crippen LogP contribution in [0.3, 0.4) is 0 Å². The van der Waals surface area contributed by atoms with Gasteiger partial charge in [-0.25, -0.2) is 4.98 Å². The molecule has 0 bridgehead atoms. The molecular formula is C22H24N4O2. The van der Waals surface area contributed by atoms with Crippen molar-refractivity contribution >= 4 is 11.6 Å². The number of piperidine rings is 1. The molecule has 1 aliphatic rings. The number of H-pyrrole nitrogens is 1. The molecular weight excluding hydrogens is 352 g/mol. The lowest BCUT2D eigenvalue weighted by Crippen LogP contribution is -2.35. The molecule has 6 heteroatoms. The average molecular weight is 376 g/mol. The van der Waals surface area contributed by atoms with Crippen molar-refractivity contribution in [2.24, 2.45) is 0 Å². The largest absolute Gasteiger partial charge is 0.490 e. The maximum atomic E-state index is 12.5. The van der Waals surface area contributed by atoms with Gasteiger partial charge in [-0.3, -0.25) is 4.79 Å². The summed E-state index contributed by atoms with van der Waals surface area (Å²) in [7, 11) is 2.13. The number of carbonyl (C=O) groups excluding carboxylic acids is 1. The van der Waals surface area contributed by atoms with Gasteiger partial charge in [-0.15, -0.1) is 0 Å². The van der Waals surface area contributed by atoms with E-state index in [1.165, 1.54) is 0 Å². The Morgan fingerprint density at radius 1 is 1.11 bits per heavy atom. The third-order valence-electron chi connectivity index (χ3n) is 5.00. The SMILES string of the molecule is CN1CCC(Oc2ccc(C(=O)Nc3ccc(-c4ncc[nH]4)cc3)cc2)CC1. The molecule has 0 aliphatic carbocycles. The number of benzene rings is 2. The van der Waals surface area contributed by atoms with Crippen molar-refractivity contribution in [2.45, 2.75) is 18.9 Å². The van der Waals surface area contributed by atoms with E-state index in [2.05, 4.69) is 27.2 Å². The van der Waals surface area contributed by atoms with Gasteiger partial charge in [-0.05, 0) is 68.4 Å². The van der Waals surface area contributed by atoms with Crippen LogP contribution in [0.15, 0.2) is 60.9 Å². The number of likely N-dealkylation sites (tertiary alicyclic amines) is 1. The summed E-state index contributed by atoms with van der Waals surface area (Å²) in [6, 6.07) is 14.9. The van der Waals surface area contributed by atoms with E-state index in [1.54, 1.807) is 24.5 Å². The Balaban J connectivity index is 1.34. The maximum Gasteiger partial charge on any atom is 0.255 e. The zero-order valence-corrected chi connectivity index (χ0v) is 15.9. The number of aromatic nitrogens is 2. The first-order valence-corrected chi connectivity index (χ1v) is 9.54. The van der Waals surface area contributed by atoms with Gasteiger partial charge in [0, 0.05) is 42.3 Å². The summed E-state index contributed by atoms with van der Waals surface area (Å²) in [5.41, 5.74) is 2.32. The molecule has 28 heavy (non-hydrogen) atoms. The summed E-state index contributed by atoms with van der Waals surface area (Å²) >= 11 is 0. The van der Waals surface area contributed by atoms with E-state index in [9.17, 15) is 4.79 Å². The average Bonchev–Trinajstić information content (AvgIpc) is 3.26. The van der Waals surface area contributed by atoms with Crippen LogP contribution in [0.4, 0.5) is 5.69 Å². The van der Waals surface area contributed by atoms with E-state index in [0.29, 0.717) is 5.56 Å². The van der Waals surface area contributed by atoms with Crippen molar-refractivity contribution in [3.63, 3.8) is 0 Å². The van der Waals surface area contributed by atoms with Crippen LogP contribution in [0.1, 0.15) is 23.2 Å². The number of amides is 1. The van der Waals surface area contributed by atoms with Crippen molar-refractivity contribution in [3.05, 3.63) is 66.5 Å². The fourth-order valence-electron chi connectivity index (χ4n) is 3.32. The van der Waals surface area contributed by atoms with E-state index < -0.39 is 0 Å². The van der Waals surface area contributed by atoms with Gasteiger partial charge in [0.15, 0.2) is 0 Å². The maximum absolute atomic E-state index is 12.5. The monoisotopic (exact) mass is 376 g/mol. The van der Waals surface area contributed by atoms with Crippen LogP contribution < -0.4 is 10.1 Å². The number of imidazole rings is 1. The number of hydrogen-bond donors (Lipinski definition) is 2. The molecule has 0 atom stereocenters. The summed E-state index contributed by atoms with van der Waals surface area (Å²) in [5.74, 6) is 1.48. The lowest BCUT2D eigenvalue weighted by molar-refractivity contribution is 0.102. The molecule has 1 saturated heterocycles. The molecule has 0 saturated carbocycles. The Morgan fingerprint density at radius 2 is 1.82 bits per heavy atom. The highest BCUT2D eigenvalue weighted by molar-refractivity contribution is 6.04. The first kappa shape index (κ1) is 18.3. The van der Waals surface area contributed by atoms with E-state index in [4.69, 9.17) is 4.74 Å². The predicted octanol–water partition coefficient (Wildman–Crippen LogP) is 3.80. The quantitative estimate of drug-likeness (QED) is 0.711. The first-order chi connectivity index (χ1) is 13.7. The van der Waals surface area contributed by atoms with Crippen molar-refractivity contribution in [2.75, 3.05) is 25.5 Å². The molecule has 144 valence electrons. The molecule has 0 spiro atoms. The van der Waals surface area contributed by atoms with Crippen LogP contribution in [0.5, 0.6) is 5.75 Å². The van der Waals surface area contributed by atoms with Gasteiger partial charge >= 0.3 is 0 Å². The predicted molar refractivity (Wildman–Crippen MR) is 110 cm³/mol. The molecule has 0 radical (unpaired) electrons. The summed E-state index contributed by atoms with van der Waals surface area (Å²) in [6.07, 6.45) is 5.82. The highest BCUT2D eigenvalue weighted by Gasteiger charge is 2.18. The summed E-state index contributed by atoms with van der Waals surface area (Å²) in [4.78, 5) is 22.1. The van der Waals surface area contributed by atoms with E-state index in [1.807, 2.05) is 36.4 Å². The Hall–Kier alpha value is -3.12. The van der Waals surface area contributed by atoms with Gasteiger partial charge in [0.1, 0.15) is 17.7 Å². The fraction of sp³-hybridized carbons (Fsp3) is 0.273. The summed E-state index contributed by atoms with van der Waals surface area (Å²) < 4.78 is 6.04. The fourth-order valence-corrected chi connectivity index (χ4v) is 3.32. The lowest BCUT2D eigenvalue weighted by Gasteiger charge is -2.29. The molecule has 1 amide bonds. The van der Waals surface area contributed by atoms with Gasteiger partial charge in [0.25, 0.3) is 5.91 Å². The molecule has 2 aromatic carbocycles. The topological polar surface area (TPSA) is 70.2 Å². The van der Waals surface area contributed by atoms with Crippen LogP contribution >= 0.6 is 0 Å². The number of hydrogen-bond acceptors (Lipinski definition) is 4. The van der Waals surface area contributed by atoms with E-state index >= 15 is 0 Å². The van der Waals surface area contributed by atoms with Crippen LogP contribution in [-0.4, -0.2) is 47.0 Å². The minimum Gasteiger partial charge on any atom is -0.490 e. The second kappa shape index (κ2) is 8.27. The second-order valence-electron chi connectivity index (χ2n) is 7.11. The molecule has 0 unspecified atom stereocenters. The Labute approximate surface area is 164 Å². The van der Waals surface area contributed by atoms with Gasteiger partial charge in [-0.1, -0.05) is 0 Å². The molecule has 1 aromatic heterocycles. The van der Waals surface area contributed by atoms with Crippen molar-refractivity contribution in [1.82, 2.24) is 14.9 Å². The number of aromatic amines is 1. The van der Waals surface area contributed by atoms with Gasteiger partial charge in [0.2, 0.25) is 0 Å². The minimum atomic E-state index is -0.142. The number of nitrogens with zero attached hydrogens (tertiary/aromatic N) is 2. The molecule has 1 fully saturated rings. The summed E-state index contributed by atoms with van der Waals surface area (Å²) in [5, 5.41) is 2.92. The number of anilines is 1. The summed E-state index contributed by atoms with van der Waals surface area (Å²) in [6.45, 7) is 2.12. The molecule has 2 N–H and O–H groups in total. The van der Waals surface area contributed by atoms with Crippen LogP contribution in [-0.2, 0) is 0 Å². The second-order valence-corrected chi connectivity index (χ2v) is 7.11. The molecule has 2 heterocycles. The molecule has 4 rings (SSSR count). The normalized spacial score (nSPS) is 15.3. The Kier molecular flexibility index (Phi) is 5.39. The Bertz CT molecular complexity index is 897. The van der Waals surface area contributed by atoms with E-state index in [0.717, 1.165) is 48.8 Å². The van der Waals surface area contributed by atoms with Gasteiger partial charge < -0.3 is 19.9 Å². The molecule has 3 aromatic rings. The smallest absolute Gasteiger partial charge is 0.255 e.